The fourth-order valence-electron chi connectivity index (χ4n) is 2.98. The molecule has 0 aliphatic heterocycles. The number of imide groups is 1. The second-order valence-corrected chi connectivity index (χ2v) is 7.00. The summed E-state index contributed by atoms with van der Waals surface area (Å²) in [4.78, 5) is 35.6. The van der Waals surface area contributed by atoms with Crippen LogP contribution in [0.3, 0.4) is 0 Å². The van der Waals surface area contributed by atoms with Gasteiger partial charge < -0.3 is 14.8 Å². The van der Waals surface area contributed by atoms with E-state index >= 15 is 0 Å². The highest BCUT2D eigenvalue weighted by Gasteiger charge is 2.13. The molecule has 0 radical (unpaired) electrons. The number of hydrogen-bond acceptors (Lipinski definition) is 5. The van der Waals surface area contributed by atoms with E-state index in [4.69, 9.17) is 9.47 Å². The standard InChI is InChI=1S/C22H26N2O5/c1-13-6-7-18(15(3)8-13)23-22(27)24-19(25)11-28-20(26)12-29-21-16(4)9-14(2)10-17(21)5/h6-10H,11-12H2,1-5H3,(H2,23,24,25,27). The lowest BCUT2D eigenvalue weighted by Crippen LogP contribution is -2.37. The Bertz CT molecular complexity index is 914. The van der Waals surface area contributed by atoms with E-state index in [0.717, 1.165) is 27.8 Å². The Morgan fingerprint density at radius 3 is 2.07 bits per heavy atom. The Balaban J connectivity index is 1.77. The largest absolute Gasteiger partial charge is 0.481 e. The summed E-state index contributed by atoms with van der Waals surface area (Å²) in [6, 6.07) is 8.73. The van der Waals surface area contributed by atoms with Gasteiger partial charge >= 0.3 is 12.0 Å². The van der Waals surface area contributed by atoms with Gasteiger partial charge in [0.05, 0.1) is 0 Å². The van der Waals surface area contributed by atoms with Crippen LogP contribution in [0, 0.1) is 34.6 Å². The van der Waals surface area contributed by atoms with Crippen LogP contribution < -0.4 is 15.4 Å². The molecule has 0 aliphatic rings. The molecule has 0 saturated carbocycles. The molecule has 0 heterocycles. The second-order valence-electron chi connectivity index (χ2n) is 7.00. The van der Waals surface area contributed by atoms with Crippen molar-refractivity contribution in [3.63, 3.8) is 0 Å². The highest BCUT2D eigenvalue weighted by atomic mass is 16.6. The fraction of sp³-hybridized carbons (Fsp3) is 0.318. The van der Waals surface area contributed by atoms with Crippen molar-refractivity contribution in [2.75, 3.05) is 18.5 Å². The van der Waals surface area contributed by atoms with Crippen molar-refractivity contribution in [1.29, 1.82) is 0 Å². The number of benzene rings is 2. The first-order chi connectivity index (χ1) is 13.7. The third-order valence-corrected chi connectivity index (χ3v) is 4.19. The minimum atomic E-state index is -0.733. The molecular formula is C22H26N2O5. The Morgan fingerprint density at radius 1 is 0.828 bits per heavy atom. The van der Waals surface area contributed by atoms with Crippen LogP contribution in [-0.2, 0) is 14.3 Å². The lowest BCUT2D eigenvalue weighted by atomic mass is 10.1. The Hall–Kier alpha value is -3.35. The molecule has 0 unspecified atom stereocenters. The lowest BCUT2D eigenvalue weighted by molar-refractivity contribution is -0.150. The highest BCUT2D eigenvalue weighted by molar-refractivity contribution is 6.02. The minimum Gasteiger partial charge on any atom is -0.481 e. The van der Waals surface area contributed by atoms with Gasteiger partial charge in [-0.05, 0) is 57.4 Å². The molecule has 0 spiro atoms. The molecule has 154 valence electrons. The number of esters is 1. The maximum atomic E-state index is 11.9. The van der Waals surface area contributed by atoms with Crippen molar-refractivity contribution in [3.8, 4) is 5.75 Å². The van der Waals surface area contributed by atoms with Gasteiger partial charge in [-0.25, -0.2) is 9.59 Å². The second kappa shape index (κ2) is 9.73. The zero-order valence-electron chi connectivity index (χ0n) is 17.3. The summed E-state index contributed by atoms with van der Waals surface area (Å²) in [7, 11) is 0. The van der Waals surface area contributed by atoms with Gasteiger partial charge in [0.25, 0.3) is 5.91 Å². The Morgan fingerprint density at radius 2 is 1.45 bits per heavy atom. The van der Waals surface area contributed by atoms with E-state index in [1.165, 1.54) is 0 Å². The number of hydrogen-bond donors (Lipinski definition) is 2. The molecule has 3 amide bonds. The van der Waals surface area contributed by atoms with Crippen LogP contribution in [-0.4, -0.2) is 31.1 Å². The number of carbonyl (C=O) groups excluding carboxylic acids is 3. The molecule has 29 heavy (non-hydrogen) atoms. The zero-order chi connectivity index (χ0) is 21.6. The van der Waals surface area contributed by atoms with Gasteiger partial charge in [-0.1, -0.05) is 35.4 Å². The maximum absolute atomic E-state index is 11.9. The molecule has 0 atom stereocenters. The first-order valence-electron chi connectivity index (χ1n) is 9.20. The van der Waals surface area contributed by atoms with Crippen LogP contribution in [0.4, 0.5) is 10.5 Å². The van der Waals surface area contributed by atoms with Crippen molar-refractivity contribution in [2.24, 2.45) is 0 Å². The van der Waals surface area contributed by atoms with Gasteiger partial charge in [0.15, 0.2) is 13.2 Å². The van der Waals surface area contributed by atoms with Crippen LogP contribution in [0.15, 0.2) is 30.3 Å². The van der Waals surface area contributed by atoms with Crippen LogP contribution >= 0.6 is 0 Å². The molecule has 0 bridgehead atoms. The van der Waals surface area contributed by atoms with Gasteiger partial charge in [-0.2, -0.15) is 0 Å². The van der Waals surface area contributed by atoms with Crippen LogP contribution in [0.25, 0.3) is 0 Å². The molecule has 2 aromatic rings. The van der Waals surface area contributed by atoms with Crippen molar-refractivity contribution < 1.29 is 23.9 Å². The molecule has 7 heteroatoms. The number of aryl methyl sites for hydroxylation is 5. The third kappa shape index (κ3) is 6.64. The SMILES string of the molecule is Cc1ccc(NC(=O)NC(=O)COC(=O)COc2c(C)cc(C)cc2C)c(C)c1. The summed E-state index contributed by atoms with van der Waals surface area (Å²) in [5, 5.41) is 4.70. The average Bonchev–Trinajstić information content (AvgIpc) is 2.61. The number of anilines is 1. The van der Waals surface area contributed by atoms with Crippen LogP contribution in [0.2, 0.25) is 0 Å². The predicted molar refractivity (Wildman–Crippen MR) is 110 cm³/mol. The molecule has 0 aliphatic carbocycles. The molecule has 0 aromatic heterocycles. The quantitative estimate of drug-likeness (QED) is 0.727. The van der Waals surface area contributed by atoms with E-state index in [2.05, 4.69) is 10.6 Å². The van der Waals surface area contributed by atoms with Crippen molar-refractivity contribution in [1.82, 2.24) is 5.32 Å². The number of nitrogens with one attached hydrogen (secondary N) is 2. The monoisotopic (exact) mass is 398 g/mol. The molecule has 2 rings (SSSR count). The van der Waals surface area contributed by atoms with Gasteiger partial charge in [-0.3, -0.25) is 10.1 Å². The van der Waals surface area contributed by atoms with E-state index in [-0.39, 0.29) is 6.61 Å². The third-order valence-electron chi connectivity index (χ3n) is 4.19. The highest BCUT2D eigenvalue weighted by Crippen LogP contribution is 2.24. The summed E-state index contributed by atoms with van der Waals surface area (Å²) >= 11 is 0. The van der Waals surface area contributed by atoms with E-state index in [1.807, 2.05) is 58.9 Å². The number of urea groups is 1. The average molecular weight is 398 g/mol. The van der Waals surface area contributed by atoms with Gasteiger partial charge in [-0.15, -0.1) is 0 Å². The number of rotatable bonds is 6. The van der Waals surface area contributed by atoms with Crippen molar-refractivity contribution in [2.45, 2.75) is 34.6 Å². The number of carbonyl (C=O) groups is 3. The van der Waals surface area contributed by atoms with E-state index in [0.29, 0.717) is 11.4 Å². The summed E-state index contributed by atoms with van der Waals surface area (Å²) in [6.45, 7) is 8.66. The number of amides is 3. The Labute approximate surface area is 170 Å². The van der Waals surface area contributed by atoms with Crippen LogP contribution in [0.5, 0.6) is 5.75 Å². The van der Waals surface area contributed by atoms with Crippen molar-refractivity contribution in [3.05, 3.63) is 58.1 Å². The topological polar surface area (TPSA) is 93.7 Å². The molecule has 7 nitrogen and oxygen atoms in total. The van der Waals surface area contributed by atoms with E-state index in [1.54, 1.807) is 6.07 Å². The normalized spacial score (nSPS) is 10.2. The summed E-state index contributed by atoms with van der Waals surface area (Å²) < 4.78 is 10.4. The molecule has 0 fully saturated rings. The van der Waals surface area contributed by atoms with E-state index in [9.17, 15) is 14.4 Å². The predicted octanol–water partition coefficient (Wildman–Crippen LogP) is 3.50. The minimum absolute atomic E-state index is 0.327. The summed E-state index contributed by atoms with van der Waals surface area (Å²) in [5.74, 6) is -0.817. The molecular weight excluding hydrogens is 372 g/mol. The summed E-state index contributed by atoms with van der Waals surface area (Å²) in [6.07, 6.45) is 0. The van der Waals surface area contributed by atoms with Gasteiger partial charge in [0.2, 0.25) is 0 Å². The van der Waals surface area contributed by atoms with Gasteiger partial charge in [0, 0.05) is 5.69 Å². The lowest BCUT2D eigenvalue weighted by Gasteiger charge is -2.13. The van der Waals surface area contributed by atoms with Gasteiger partial charge in [0.1, 0.15) is 5.75 Å². The molecule has 2 N–H and O–H groups in total. The van der Waals surface area contributed by atoms with Crippen LogP contribution in [0.1, 0.15) is 27.8 Å². The fourth-order valence-corrected chi connectivity index (χ4v) is 2.98. The molecule has 2 aromatic carbocycles. The Kier molecular flexibility index (Phi) is 7.36. The zero-order valence-corrected chi connectivity index (χ0v) is 17.3. The maximum Gasteiger partial charge on any atom is 0.344 e. The number of ether oxygens (including phenoxy) is 2. The smallest absolute Gasteiger partial charge is 0.344 e. The first-order valence-corrected chi connectivity index (χ1v) is 9.20. The molecule has 0 saturated heterocycles. The van der Waals surface area contributed by atoms with Crippen molar-refractivity contribution >= 4 is 23.6 Å². The van der Waals surface area contributed by atoms with E-state index < -0.39 is 24.5 Å². The summed E-state index contributed by atoms with van der Waals surface area (Å²) in [5.41, 5.74) is 5.46. The first kappa shape index (κ1) is 21.9.